The minimum absolute atomic E-state index is 0.0335. The Labute approximate surface area is 80.8 Å². The molecule has 1 N–H and O–H groups in total. The lowest BCUT2D eigenvalue weighted by atomic mass is 10.2. The fourth-order valence-electron chi connectivity index (χ4n) is 0.751. The Bertz CT molecular complexity index is 148. The molecule has 3 nitrogen and oxygen atoms in total. The summed E-state index contributed by atoms with van der Waals surface area (Å²) in [6.07, 6.45) is 1.93. The Morgan fingerprint density at radius 2 is 1.92 bits per heavy atom. The van der Waals surface area contributed by atoms with E-state index in [2.05, 4.69) is 19.2 Å². The summed E-state index contributed by atoms with van der Waals surface area (Å²) < 4.78 is 5.09. The molecule has 0 saturated carbocycles. The van der Waals surface area contributed by atoms with Gasteiger partial charge in [0, 0.05) is 6.04 Å². The van der Waals surface area contributed by atoms with E-state index in [1.807, 2.05) is 13.8 Å². The molecule has 0 aliphatic heterocycles. The molecule has 0 aromatic heterocycles. The van der Waals surface area contributed by atoms with Crippen LogP contribution in [0.2, 0.25) is 0 Å². The Kier molecular flexibility index (Phi) is 6.59. The molecule has 0 aromatic rings. The normalized spacial score (nSPS) is 15.1. The van der Waals surface area contributed by atoms with Crippen molar-refractivity contribution in [2.24, 2.45) is 0 Å². The lowest BCUT2D eigenvalue weighted by Crippen LogP contribution is -2.33. The molecule has 0 rings (SSSR count). The van der Waals surface area contributed by atoms with Gasteiger partial charge < -0.3 is 10.1 Å². The minimum Gasteiger partial charge on any atom is -0.462 e. The van der Waals surface area contributed by atoms with Gasteiger partial charge in [-0.1, -0.05) is 13.8 Å². The molecule has 0 fully saturated rings. The van der Waals surface area contributed by atoms with E-state index in [1.165, 1.54) is 0 Å². The number of rotatable bonds is 6. The molecule has 0 aromatic carbocycles. The Morgan fingerprint density at radius 3 is 2.38 bits per heavy atom. The van der Waals surface area contributed by atoms with Gasteiger partial charge in [-0.25, -0.2) is 0 Å². The molecule has 0 bridgehead atoms. The van der Waals surface area contributed by atoms with Gasteiger partial charge in [0.05, 0.1) is 12.6 Å². The molecule has 78 valence electrons. The number of carbonyl (C=O) groups excluding carboxylic acids is 1. The summed E-state index contributed by atoms with van der Waals surface area (Å²) in [5.74, 6) is -0.158. The van der Waals surface area contributed by atoms with E-state index in [0.29, 0.717) is 12.6 Å². The summed E-state index contributed by atoms with van der Waals surface area (Å²) in [7, 11) is 0. The van der Waals surface area contributed by atoms with E-state index in [9.17, 15) is 4.79 Å². The zero-order chi connectivity index (χ0) is 10.3. The summed E-state index contributed by atoms with van der Waals surface area (Å²) in [5, 5.41) is 3.09. The van der Waals surface area contributed by atoms with Crippen LogP contribution in [-0.4, -0.2) is 24.7 Å². The highest BCUT2D eigenvalue weighted by Gasteiger charge is 2.08. The van der Waals surface area contributed by atoms with E-state index in [0.717, 1.165) is 12.8 Å². The van der Waals surface area contributed by atoms with Gasteiger partial charge in [-0.3, -0.25) is 4.79 Å². The largest absolute Gasteiger partial charge is 0.462 e. The smallest absolute Gasteiger partial charge is 0.320 e. The van der Waals surface area contributed by atoms with Crippen LogP contribution in [0.1, 0.15) is 40.5 Å². The van der Waals surface area contributed by atoms with Crippen LogP contribution in [0.3, 0.4) is 0 Å². The third kappa shape index (κ3) is 6.58. The molecule has 2 atom stereocenters. The molecule has 0 spiro atoms. The maximum absolute atomic E-state index is 11.1. The van der Waals surface area contributed by atoms with Gasteiger partial charge in [0.25, 0.3) is 0 Å². The highest BCUT2D eigenvalue weighted by atomic mass is 16.5. The number of ether oxygens (including phenoxy) is 1. The first-order valence-corrected chi connectivity index (χ1v) is 5.03. The first-order chi connectivity index (χ1) is 6.10. The van der Waals surface area contributed by atoms with Crippen LogP contribution in [-0.2, 0) is 9.53 Å². The van der Waals surface area contributed by atoms with Crippen molar-refractivity contribution in [2.75, 3.05) is 6.54 Å². The lowest BCUT2D eigenvalue weighted by molar-refractivity contribution is -0.147. The molecular formula is C10H21NO2. The van der Waals surface area contributed by atoms with E-state index in [1.54, 1.807) is 0 Å². The zero-order valence-corrected chi connectivity index (χ0v) is 9.09. The second-order valence-corrected chi connectivity index (χ2v) is 3.40. The maximum Gasteiger partial charge on any atom is 0.320 e. The highest BCUT2D eigenvalue weighted by molar-refractivity contribution is 5.71. The van der Waals surface area contributed by atoms with Crippen molar-refractivity contribution in [1.82, 2.24) is 5.32 Å². The van der Waals surface area contributed by atoms with Crippen molar-refractivity contribution < 1.29 is 9.53 Å². The van der Waals surface area contributed by atoms with Crippen LogP contribution in [0.4, 0.5) is 0 Å². The molecule has 3 heteroatoms. The summed E-state index contributed by atoms with van der Waals surface area (Å²) in [6.45, 7) is 8.36. The monoisotopic (exact) mass is 187 g/mol. The second-order valence-electron chi connectivity index (χ2n) is 3.40. The maximum atomic E-state index is 11.1. The Morgan fingerprint density at radius 1 is 1.31 bits per heavy atom. The summed E-state index contributed by atoms with van der Waals surface area (Å²) in [5.41, 5.74) is 0. The topological polar surface area (TPSA) is 38.3 Å². The van der Waals surface area contributed by atoms with Gasteiger partial charge >= 0.3 is 5.97 Å². The number of nitrogens with one attached hydrogen (secondary N) is 1. The second kappa shape index (κ2) is 6.89. The zero-order valence-electron chi connectivity index (χ0n) is 9.09. The summed E-state index contributed by atoms with van der Waals surface area (Å²) in [6, 6.07) is 0.379. The minimum atomic E-state index is -0.158. The SMILES string of the molecule is CCC(C)NCC(=O)OC(C)CC. The van der Waals surface area contributed by atoms with Crippen molar-refractivity contribution in [2.45, 2.75) is 52.7 Å². The average molecular weight is 187 g/mol. The van der Waals surface area contributed by atoms with Gasteiger partial charge in [-0.15, -0.1) is 0 Å². The molecular weight excluding hydrogens is 166 g/mol. The molecule has 0 aliphatic rings. The molecule has 0 aliphatic carbocycles. The number of esters is 1. The predicted octanol–water partition coefficient (Wildman–Crippen LogP) is 1.72. The van der Waals surface area contributed by atoms with Gasteiger partial charge in [-0.05, 0) is 26.7 Å². The van der Waals surface area contributed by atoms with E-state index in [4.69, 9.17) is 4.74 Å². The standard InChI is InChI=1S/C10H21NO2/c1-5-8(3)11-7-10(12)13-9(4)6-2/h8-9,11H,5-7H2,1-4H3. The molecule has 13 heavy (non-hydrogen) atoms. The van der Waals surface area contributed by atoms with Crippen LogP contribution in [0.25, 0.3) is 0 Å². The van der Waals surface area contributed by atoms with Crippen LogP contribution in [0.5, 0.6) is 0 Å². The Hall–Kier alpha value is -0.570. The summed E-state index contributed by atoms with van der Waals surface area (Å²) in [4.78, 5) is 11.1. The Balaban J connectivity index is 3.51. The van der Waals surface area contributed by atoms with Crippen LogP contribution >= 0.6 is 0 Å². The fraction of sp³-hybridized carbons (Fsp3) is 0.900. The number of hydrogen-bond acceptors (Lipinski definition) is 3. The molecule has 0 radical (unpaired) electrons. The molecule has 0 saturated heterocycles. The van der Waals surface area contributed by atoms with E-state index in [-0.39, 0.29) is 12.1 Å². The van der Waals surface area contributed by atoms with Crippen LogP contribution < -0.4 is 5.32 Å². The fourth-order valence-corrected chi connectivity index (χ4v) is 0.751. The summed E-state index contributed by atoms with van der Waals surface area (Å²) >= 11 is 0. The quantitative estimate of drug-likeness (QED) is 0.643. The highest BCUT2D eigenvalue weighted by Crippen LogP contribution is 1.96. The number of hydrogen-bond donors (Lipinski definition) is 1. The van der Waals surface area contributed by atoms with Gasteiger partial charge in [0.15, 0.2) is 0 Å². The van der Waals surface area contributed by atoms with E-state index < -0.39 is 0 Å². The van der Waals surface area contributed by atoms with Crippen LogP contribution in [0, 0.1) is 0 Å². The molecule has 2 unspecified atom stereocenters. The number of carbonyl (C=O) groups is 1. The van der Waals surface area contributed by atoms with Crippen molar-refractivity contribution in [1.29, 1.82) is 0 Å². The van der Waals surface area contributed by atoms with Gasteiger partial charge in [-0.2, -0.15) is 0 Å². The molecule has 0 amide bonds. The van der Waals surface area contributed by atoms with Gasteiger partial charge in [0.1, 0.15) is 0 Å². The first kappa shape index (κ1) is 12.4. The van der Waals surface area contributed by atoms with Crippen molar-refractivity contribution in [3.05, 3.63) is 0 Å². The third-order valence-corrected chi connectivity index (χ3v) is 2.11. The first-order valence-electron chi connectivity index (χ1n) is 5.03. The van der Waals surface area contributed by atoms with Crippen molar-refractivity contribution >= 4 is 5.97 Å². The predicted molar refractivity (Wildman–Crippen MR) is 53.6 cm³/mol. The van der Waals surface area contributed by atoms with Gasteiger partial charge in [0.2, 0.25) is 0 Å². The van der Waals surface area contributed by atoms with Crippen LogP contribution in [0.15, 0.2) is 0 Å². The molecule has 0 heterocycles. The lowest BCUT2D eigenvalue weighted by Gasteiger charge is -2.13. The average Bonchev–Trinajstić information content (AvgIpc) is 2.13. The third-order valence-electron chi connectivity index (χ3n) is 2.11. The van der Waals surface area contributed by atoms with Crippen molar-refractivity contribution in [3.8, 4) is 0 Å². The van der Waals surface area contributed by atoms with Crippen molar-refractivity contribution in [3.63, 3.8) is 0 Å². The van der Waals surface area contributed by atoms with E-state index >= 15 is 0 Å².